The quantitative estimate of drug-likeness (QED) is 0.921. The molecule has 0 atom stereocenters. The van der Waals surface area contributed by atoms with E-state index in [9.17, 15) is 9.90 Å². The molecular formula is C13H12BrN3O3. The van der Waals surface area contributed by atoms with Crippen LogP contribution in [0.25, 0.3) is 0 Å². The molecule has 0 aliphatic carbocycles. The van der Waals surface area contributed by atoms with E-state index in [1.54, 1.807) is 12.3 Å². The number of hydrogen-bond donors (Lipinski definition) is 1. The van der Waals surface area contributed by atoms with Crippen molar-refractivity contribution < 1.29 is 14.6 Å². The molecule has 2 aromatic heterocycles. The van der Waals surface area contributed by atoms with Crippen LogP contribution in [-0.2, 0) is 0 Å². The fourth-order valence-corrected chi connectivity index (χ4v) is 1.81. The minimum Gasteiger partial charge on any atom is -0.476 e. The minimum atomic E-state index is -1.16. The summed E-state index contributed by atoms with van der Waals surface area (Å²) < 4.78 is 6.22. The molecule has 0 bridgehead atoms. The summed E-state index contributed by atoms with van der Waals surface area (Å²) in [4.78, 5) is 23.3. The Morgan fingerprint density at radius 3 is 2.70 bits per heavy atom. The third-order valence-corrected chi connectivity index (χ3v) is 2.83. The van der Waals surface area contributed by atoms with Crippen molar-refractivity contribution in [3.8, 4) is 11.5 Å². The Morgan fingerprint density at radius 1 is 1.35 bits per heavy atom. The van der Waals surface area contributed by atoms with Crippen molar-refractivity contribution in [1.29, 1.82) is 0 Å². The number of carboxylic acids is 1. The number of hydrogen-bond acceptors (Lipinski definition) is 5. The van der Waals surface area contributed by atoms with E-state index in [0.717, 1.165) is 4.47 Å². The lowest BCUT2D eigenvalue weighted by molar-refractivity contribution is 0.0686. The second kappa shape index (κ2) is 5.96. The van der Waals surface area contributed by atoms with Crippen LogP contribution in [0.3, 0.4) is 0 Å². The molecule has 20 heavy (non-hydrogen) atoms. The van der Waals surface area contributed by atoms with Crippen molar-refractivity contribution in [3.63, 3.8) is 0 Å². The summed E-state index contributed by atoms with van der Waals surface area (Å²) in [5.74, 6) is -0.173. The maximum Gasteiger partial charge on any atom is 0.358 e. The van der Waals surface area contributed by atoms with E-state index in [-0.39, 0.29) is 17.4 Å². The Labute approximate surface area is 124 Å². The molecule has 0 amide bonds. The zero-order chi connectivity index (χ0) is 14.7. The first-order chi connectivity index (χ1) is 9.47. The molecule has 6 nitrogen and oxygen atoms in total. The van der Waals surface area contributed by atoms with Gasteiger partial charge in [0.05, 0.1) is 12.4 Å². The van der Waals surface area contributed by atoms with Crippen LogP contribution in [0.2, 0.25) is 0 Å². The van der Waals surface area contributed by atoms with Crippen LogP contribution in [0.15, 0.2) is 29.1 Å². The van der Waals surface area contributed by atoms with Gasteiger partial charge in [0.2, 0.25) is 0 Å². The number of aromatic nitrogens is 3. The van der Waals surface area contributed by atoms with Crippen molar-refractivity contribution in [3.05, 3.63) is 40.6 Å². The SMILES string of the molecule is CC(C)c1ncc(Oc2cncc(Br)c2)c(C(=O)O)n1. The van der Waals surface area contributed by atoms with E-state index in [2.05, 4.69) is 30.9 Å². The molecule has 2 heterocycles. The van der Waals surface area contributed by atoms with Gasteiger partial charge in [0, 0.05) is 16.6 Å². The summed E-state index contributed by atoms with van der Waals surface area (Å²) in [7, 11) is 0. The molecule has 0 aliphatic heterocycles. The Balaban J connectivity index is 2.38. The fraction of sp³-hybridized carbons (Fsp3) is 0.231. The van der Waals surface area contributed by atoms with Crippen molar-refractivity contribution in [2.24, 2.45) is 0 Å². The largest absolute Gasteiger partial charge is 0.476 e. The molecule has 0 aromatic carbocycles. The van der Waals surface area contributed by atoms with E-state index >= 15 is 0 Å². The van der Waals surface area contributed by atoms with E-state index in [0.29, 0.717) is 11.6 Å². The molecule has 0 saturated carbocycles. The first-order valence-electron chi connectivity index (χ1n) is 5.86. The van der Waals surface area contributed by atoms with Gasteiger partial charge in [0.25, 0.3) is 0 Å². The number of aromatic carboxylic acids is 1. The van der Waals surface area contributed by atoms with Crippen molar-refractivity contribution in [1.82, 2.24) is 15.0 Å². The highest BCUT2D eigenvalue weighted by atomic mass is 79.9. The zero-order valence-corrected chi connectivity index (χ0v) is 12.5. The van der Waals surface area contributed by atoms with Gasteiger partial charge in [-0.15, -0.1) is 0 Å². The fourth-order valence-electron chi connectivity index (χ4n) is 1.47. The Morgan fingerprint density at radius 2 is 2.10 bits per heavy atom. The first-order valence-corrected chi connectivity index (χ1v) is 6.65. The summed E-state index contributed by atoms with van der Waals surface area (Å²) in [6.45, 7) is 3.78. The van der Waals surface area contributed by atoms with Gasteiger partial charge in [-0.3, -0.25) is 4.98 Å². The van der Waals surface area contributed by atoms with Gasteiger partial charge in [-0.2, -0.15) is 0 Å². The van der Waals surface area contributed by atoms with Crippen LogP contribution >= 0.6 is 15.9 Å². The zero-order valence-electron chi connectivity index (χ0n) is 10.9. The van der Waals surface area contributed by atoms with Gasteiger partial charge in [-0.05, 0) is 22.0 Å². The third-order valence-electron chi connectivity index (χ3n) is 2.40. The highest BCUT2D eigenvalue weighted by molar-refractivity contribution is 9.10. The normalized spacial score (nSPS) is 10.6. The Kier molecular flexibility index (Phi) is 4.29. The standard InChI is InChI=1S/C13H12BrN3O3/c1-7(2)12-16-6-10(11(17-12)13(18)19)20-9-3-8(14)4-15-5-9/h3-7H,1-2H3,(H,18,19). The number of rotatable bonds is 4. The second-order valence-electron chi connectivity index (χ2n) is 4.34. The lowest BCUT2D eigenvalue weighted by atomic mass is 10.2. The smallest absolute Gasteiger partial charge is 0.358 e. The molecule has 0 saturated heterocycles. The van der Waals surface area contributed by atoms with Crippen LogP contribution in [0.4, 0.5) is 0 Å². The molecular weight excluding hydrogens is 326 g/mol. The van der Waals surface area contributed by atoms with Gasteiger partial charge in [0.15, 0.2) is 11.4 Å². The van der Waals surface area contributed by atoms with Crippen LogP contribution in [0.5, 0.6) is 11.5 Å². The maximum absolute atomic E-state index is 11.3. The van der Waals surface area contributed by atoms with Crippen LogP contribution in [-0.4, -0.2) is 26.0 Å². The predicted molar refractivity (Wildman–Crippen MR) is 75.1 cm³/mol. The molecule has 0 unspecified atom stereocenters. The number of ether oxygens (including phenoxy) is 1. The molecule has 0 spiro atoms. The van der Waals surface area contributed by atoms with Crippen LogP contribution < -0.4 is 4.74 Å². The summed E-state index contributed by atoms with van der Waals surface area (Å²) >= 11 is 3.26. The summed E-state index contributed by atoms with van der Waals surface area (Å²) in [5.41, 5.74) is -0.163. The maximum atomic E-state index is 11.3. The van der Waals surface area contributed by atoms with Gasteiger partial charge in [-0.1, -0.05) is 13.8 Å². The van der Waals surface area contributed by atoms with Crippen LogP contribution in [0.1, 0.15) is 36.1 Å². The molecule has 0 radical (unpaired) electrons. The van der Waals surface area contributed by atoms with Gasteiger partial charge in [0.1, 0.15) is 11.6 Å². The summed E-state index contributed by atoms with van der Waals surface area (Å²) in [6.07, 6.45) is 4.45. The predicted octanol–water partition coefficient (Wildman–Crippen LogP) is 3.25. The van der Waals surface area contributed by atoms with Crippen molar-refractivity contribution in [2.45, 2.75) is 19.8 Å². The lowest BCUT2D eigenvalue weighted by Gasteiger charge is -2.10. The molecule has 7 heteroatoms. The number of pyridine rings is 1. The first kappa shape index (κ1) is 14.4. The highest BCUT2D eigenvalue weighted by Gasteiger charge is 2.17. The second-order valence-corrected chi connectivity index (χ2v) is 5.26. The minimum absolute atomic E-state index is 0.0367. The molecule has 2 aromatic rings. The van der Waals surface area contributed by atoms with Crippen molar-refractivity contribution in [2.75, 3.05) is 0 Å². The average molecular weight is 338 g/mol. The Bertz CT molecular complexity index is 647. The number of carboxylic acid groups (broad SMARTS) is 1. The van der Waals surface area contributed by atoms with Gasteiger partial charge >= 0.3 is 5.97 Å². The van der Waals surface area contributed by atoms with E-state index < -0.39 is 5.97 Å². The third kappa shape index (κ3) is 3.30. The summed E-state index contributed by atoms with van der Waals surface area (Å²) in [6, 6.07) is 1.68. The number of nitrogens with zero attached hydrogens (tertiary/aromatic N) is 3. The monoisotopic (exact) mass is 337 g/mol. The topological polar surface area (TPSA) is 85.2 Å². The Hall–Kier alpha value is -2.02. The molecule has 0 aliphatic rings. The molecule has 1 N–H and O–H groups in total. The van der Waals surface area contributed by atoms with E-state index in [1.807, 2.05) is 13.8 Å². The molecule has 104 valence electrons. The van der Waals surface area contributed by atoms with Gasteiger partial charge in [-0.25, -0.2) is 14.8 Å². The lowest BCUT2D eigenvalue weighted by Crippen LogP contribution is -2.08. The molecule has 2 rings (SSSR count). The highest BCUT2D eigenvalue weighted by Crippen LogP contribution is 2.26. The summed E-state index contributed by atoms with van der Waals surface area (Å²) in [5, 5.41) is 9.21. The van der Waals surface area contributed by atoms with Crippen molar-refractivity contribution >= 4 is 21.9 Å². The van der Waals surface area contributed by atoms with Gasteiger partial charge < -0.3 is 9.84 Å². The van der Waals surface area contributed by atoms with Crippen LogP contribution in [0, 0.1) is 0 Å². The number of carbonyl (C=O) groups is 1. The van der Waals surface area contributed by atoms with E-state index in [1.165, 1.54) is 12.4 Å². The average Bonchev–Trinajstić information content (AvgIpc) is 2.38. The molecule has 0 fully saturated rings. The number of halogens is 1. The van der Waals surface area contributed by atoms with E-state index in [4.69, 9.17) is 4.74 Å².